The fourth-order valence-corrected chi connectivity index (χ4v) is 12.2. The molecule has 74 heavy (non-hydrogen) atoms. The summed E-state index contributed by atoms with van der Waals surface area (Å²) < 4.78 is 64.4. The third-order valence-corrected chi connectivity index (χ3v) is 16.2. The van der Waals surface area contributed by atoms with Gasteiger partial charge in [-0.05, 0) is 105 Å². The van der Waals surface area contributed by atoms with E-state index in [1.54, 1.807) is 33.9 Å². The van der Waals surface area contributed by atoms with E-state index in [1.165, 1.54) is 33.1 Å². The zero-order chi connectivity index (χ0) is 54.6. The Morgan fingerprint density at radius 3 is 2.15 bits per heavy atom. The number of esters is 3. The number of nitrogens with zero attached hydrogens (tertiary/aromatic N) is 3. The average Bonchev–Trinajstić information content (AvgIpc) is 3.61. The number of rotatable bonds is 15. The molecule has 1 aromatic heterocycles. The number of para-hydroxylation sites is 1. The van der Waals surface area contributed by atoms with E-state index in [4.69, 9.17) is 47.4 Å². The highest BCUT2D eigenvalue weighted by Gasteiger charge is 2.61. The van der Waals surface area contributed by atoms with Gasteiger partial charge in [-0.3, -0.25) is 24.2 Å². The Hall–Kier alpha value is -4.34. The van der Waals surface area contributed by atoms with Crippen molar-refractivity contribution in [3.8, 4) is 0 Å². The fraction of sp³-hybridized carbons (Fsp3) is 0.745. The number of fused-ring (bicyclic) bond motifs is 2. The number of hydrogen-bond acceptors (Lipinski definition) is 18. The molecule has 2 aromatic rings. The minimum Gasteiger partial charge on any atom is -0.458 e. The molecule has 0 radical (unpaired) electrons. The van der Waals surface area contributed by atoms with Gasteiger partial charge in [-0.15, -0.1) is 0 Å². The second-order valence-electron chi connectivity index (χ2n) is 22.0. The minimum absolute atomic E-state index is 0.0881. The smallest absolute Gasteiger partial charge is 0.425 e. The summed E-state index contributed by atoms with van der Waals surface area (Å²) in [6.07, 6.45) is -4.70. The molecule has 1 amide bonds. The largest absolute Gasteiger partial charge is 0.458 e. The first-order valence-corrected chi connectivity index (χ1v) is 26.4. The third-order valence-electron chi connectivity index (χ3n) is 16.2. The molecule has 0 bridgehead atoms. The van der Waals surface area contributed by atoms with Crippen LogP contribution in [0, 0.1) is 23.7 Å². The van der Waals surface area contributed by atoms with Crippen LogP contribution in [-0.4, -0.2) is 164 Å². The maximum absolute atomic E-state index is 15.3. The molecule has 4 fully saturated rings. The summed E-state index contributed by atoms with van der Waals surface area (Å²) in [5.41, 5.74) is 1.40. The number of aromatic nitrogens is 1. The Morgan fingerprint density at radius 2 is 1.51 bits per heavy atom. The zero-order valence-electron chi connectivity index (χ0n) is 46.5. The Morgan fingerprint density at radius 1 is 0.851 bits per heavy atom. The van der Waals surface area contributed by atoms with Gasteiger partial charge in [-0.25, -0.2) is 15.2 Å². The van der Waals surface area contributed by atoms with Crippen LogP contribution in [0.1, 0.15) is 121 Å². The van der Waals surface area contributed by atoms with Crippen molar-refractivity contribution >= 4 is 40.7 Å². The van der Waals surface area contributed by atoms with Crippen molar-refractivity contribution < 1.29 is 71.3 Å². The van der Waals surface area contributed by atoms with Crippen molar-refractivity contribution in [1.29, 1.82) is 0 Å². The van der Waals surface area contributed by atoms with Gasteiger partial charge < -0.3 is 52.3 Å². The molecule has 6 rings (SSSR count). The predicted octanol–water partition coefficient (Wildman–Crippen LogP) is 6.73. The van der Waals surface area contributed by atoms with E-state index in [9.17, 15) is 14.4 Å². The molecule has 0 saturated carbocycles. The Balaban J connectivity index is 1.42. The molecule has 4 saturated heterocycles. The number of amides is 1. The van der Waals surface area contributed by atoms with Crippen molar-refractivity contribution in [3.05, 3.63) is 42.1 Å². The maximum atomic E-state index is 15.3. The molecule has 0 spiro atoms. The second-order valence-corrected chi connectivity index (χ2v) is 22.0. The molecule has 18 atom stereocenters. The van der Waals surface area contributed by atoms with E-state index in [-0.39, 0.29) is 37.2 Å². The van der Waals surface area contributed by atoms with Gasteiger partial charge >= 0.3 is 24.0 Å². The van der Waals surface area contributed by atoms with Gasteiger partial charge in [0, 0.05) is 70.4 Å². The number of nitrogens with one attached hydrogen (secondary N) is 1. The number of cyclic esters (lactones) is 1. The molecule has 19 heteroatoms. The summed E-state index contributed by atoms with van der Waals surface area (Å²) in [4.78, 5) is 76.2. The molecule has 4 aliphatic heterocycles. The van der Waals surface area contributed by atoms with Crippen LogP contribution in [0.25, 0.3) is 10.9 Å². The molecule has 1 unspecified atom stereocenters. The highest BCUT2D eigenvalue weighted by molar-refractivity contribution is 5.85. The number of ether oxygens (including phenoxy) is 10. The van der Waals surface area contributed by atoms with Crippen LogP contribution in [0.2, 0.25) is 0 Å². The van der Waals surface area contributed by atoms with Crippen LogP contribution in [-0.2, 0) is 73.0 Å². The van der Waals surface area contributed by atoms with Gasteiger partial charge in [0.15, 0.2) is 30.4 Å². The lowest BCUT2D eigenvalue weighted by Gasteiger charge is -2.50. The van der Waals surface area contributed by atoms with Crippen molar-refractivity contribution in [2.24, 2.45) is 23.7 Å². The summed E-state index contributed by atoms with van der Waals surface area (Å²) in [7, 11) is 6.85. The highest BCUT2D eigenvalue weighted by Crippen LogP contribution is 2.45. The Kier molecular flexibility index (Phi) is 19.4. The van der Waals surface area contributed by atoms with E-state index in [0.29, 0.717) is 25.8 Å². The molecule has 1 N–H and O–H groups in total. The monoisotopic (exact) mass is 1040 g/mol. The van der Waals surface area contributed by atoms with Crippen LogP contribution >= 0.6 is 0 Å². The quantitative estimate of drug-likeness (QED) is 0.111. The first-order valence-electron chi connectivity index (χ1n) is 26.4. The zero-order valence-corrected chi connectivity index (χ0v) is 46.5. The Bertz CT molecular complexity index is 2280. The minimum atomic E-state index is -1.51. The third kappa shape index (κ3) is 12.6. The number of Topliss-reactive ketones (excluding diaryl/α,β-unsaturated/α-hetero) is 1. The van der Waals surface area contributed by atoms with Crippen LogP contribution in [0.5, 0.6) is 0 Å². The highest BCUT2D eigenvalue weighted by atomic mass is 16.7. The predicted molar refractivity (Wildman–Crippen MR) is 272 cm³/mol. The first kappa shape index (κ1) is 58.9. The fourth-order valence-electron chi connectivity index (χ4n) is 12.2. The van der Waals surface area contributed by atoms with Gasteiger partial charge in [0.2, 0.25) is 0 Å². The molecule has 5 heterocycles. The Labute approximate surface area is 437 Å². The number of carbonyl (C=O) groups excluding carboxylic acids is 5. The summed E-state index contributed by atoms with van der Waals surface area (Å²) in [6.45, 7) is 21.1. The van der Waals surface area contributed by atoms with Crippen molar-refractivity contribution in [2.45, 2.75) is 206 Å². The number of aryl methyl sites for hydroxylation is 1. The molecular weight excluding hydrogens is 957 g/mol. The topological polar surface area (TPSA) is 209 Å². The normalized spacial score (nSPS) is 38.5. The van der Waals surface area contributed by atoms with Crippen LogP contribution in [0.4, 0.5) is 4.79 Å². The lowest BCUT2D eigenvalue weighted by atomic mass is 9.73. The van der Waals surface area contributed by atoms with Gasteiger partial charge in [0.05, 0.1) is 47.5 Å². The number of hydrazine groups is 1. The number of methoxy groups -OCH3 is 2. The van der Waals surface area contributed by atoms with Gasteiger partial charge in [0.1, 0.15) is 23.5 Å². The van der Waals surface area contributed by atoms with E-state index < -0.39 is 120 Å². The molecule has 1 aromatic carbocycles. The van der Waals surface area contributed by atoms with E-state index in [0.717, 1.165) is 16.5 Å². The van der Waals surface area contributed by atoms with E-state index >= 15 is 9.59 Å². The molecule has 19 nitrogen and oxygen atoms in total. The molecule has 0 aliphatic carbocycles. The lowest BCUT2D eigenvalue weighted by molar-refractivity contribution is -0.320. The number of benzene rings is 1. The first-order chi connectivity index (χ1) is 34.8. The van der Waals surface area contributed by atoms with Crippen molar-refractivity contribution in [3.63, 3.8) is 0 Å². The molecular formula is C55H84N4O15. The average molecular weight is 1040 g/mol. The number of pyridine rings is 1. The summed E-state index contributed by atoms with van der Waals surface area (Å²) in [5.74, 6) is -5.32. The molecule has 4 aliphatic rings. The van der Waals surface area contributed by atoms with Crippen LogP contribution in [0.3, 0.4) is 0 Å². The van der Waals surface area contributed by atoms with Crippen LogP contribution in [0.15, 0.2) is 36.5 Å². The summed E-state index contributed by atoms with van der Waals surface area (Å²) >= 11 is 0. The summed E-state index contributed by atoms with van der Waals surface area (Å²) in [5, 5.41) is 2.45. The van der Waals surface area contributed by atoms with E-state index in [1.807, 2.05) is 90.9 Å². The standard InChI is InChI=1S/C55H84N4O15/c1-17-42-55(12)47(59(52(64)74-55)57-25-20-21-38-24-26-56-40-23-19-18-22-39(38)40)32(4)44(62)30(2)28-53(10,65-15)48(73-51-46(69-36(8)60)41(58(13)14)27-31(3)67-51)33(5)45(34(6)50(63)71-42)72-43-29-54(11,66-16)49(35(7)68-43)70-37(9)61/h18-19,22-24,26,30-35,41-43,45-49,51,57H,17,20-21,25,27-29H2,1-16H3/t30-,31-,32+,33+,34-,35+,41+,42-,43?,45+,46-,47+,48-,49+,51+,53-,54-,55-/m1/s1. The molecule has 414 valence electrons. The van der Waals surface area contributed by atoms with Crippen molar-refractivity contribution in [1.82, 2.24) is 20.3 Å². The number of carbonyl (C=O) groups is 5. The second kappa shape index (κ2) is 24.3. The number of ketones is 1. The number of likely N-dealkylation sites (N-methyl/N-ethyl adjacent to an activating group) is 1. The van der Waals surface area contributed by atoms with Gasteiger partial charge in [-0.2, -0.15) is 0 Å². The number of hydrogen-bond donors (Lipinski definition) is 1. The van der Waals surface area contributed by atoms with E-state index in [2.05, 4.69) is 10.4 Å². The van der Waals surface area contributed by atoms with Gasteiger partial charge in [-0.1, -0.05) is 45.9 Å². The lowest BCUT2D eigenvalue weighted by Crippen LogP contribution is -2.62. The van der Waals surface area contributed by atoms with Crippen molar-refractivity contribution in [2.75, 3.05) is 34.9 Å². The SMILES string of the molecule is CC[C@H]1OC(=O)[C@H](C)[C@@H](OC2C[C@@](C)(OC)[C@@H](OC(C)=O)[C@H](C)O2)[C@H](C)[C@@H](O[C@@H]2O[C@H](C)C[C@H](N(C)C)[C@H]2OC(C)=O)[C@](C)(OC)C[C@@H](C)C(=O)[C@H](C)[C@@H]2N(NCCCc3ccnc4ccccc34)C(=O)O[C@@]21C. The maximum Gasteiger partial charge on any atom is 0.425 e. The summed E-state index contributed by atoms with van der Waals surface area (Å²) in [6, 6.07) is 8.68. The van der Waals surface area contributed by atoms with Gasteiger partial charge in [0.25, 0.3) is 0 Å². The van der Waals surface area contributed by atoms with Crippen LogP contribution < -0.4 is 5.43 Å².